The van der Waals surface area contributed by atoms with Crippen LogP contribution in [0.25, 0.3) is 0 Å². The van der Waals surface area contributed by atoms with Crippen LogP contribution in [0, 0.1) is 0 Å². The first-order valence-electron chi connectivity index (χ1n) is 37.0. The average Bonchev–Trinajstić information content (AvgIpc) is 3.46. The van der Waals surface area contributed by atoms with Crippen molar-refractivity contribution in [1.29, 1.82) is 0 Å². The Hall–Kier alpha value is -1.40. The third-order valence-corrected chi connectivity index (χ3v) is 17.6. The molecule has 0 saturated carbocycles. The minimum Gasteiger partial charge on any atom is -0.466 e. The first kappa shape index (κ1) is 78.6. The van der Waals surface area contributed by atoms with Crippen molar-refractivity contribution in [3.05, 3.63) is 12.2 Å². The molecule has 0 aromatic heterocycles. The summed E-state index contributed by atoms with van der Waals surface area (Å²) < 4.78 is 5.49. The van der Waals surface area contributed by atoms with Crippen molar-refractivity contribution in [3.8, 4) is 0 Å². The number of amides is 1. The van der Waals surface area contributed by atoms with Crippen LogP contribution in [0.2, 0.25) is 0 Å². The lowest BCUT2D eigenvalue weighted by molar-refractivity contribution is -0.143. The Balaban J connectivity index is 3.38. The summed E-state index contributed by atoms with van der Waals surface area (Å²) in [6.45, 7) is 4.96. The number of allylic oxidation sites excluding steroid dienone is 1. The lowest BCUT2D eigenvalue weighted by atomic mass is 10.0. The van der Waals surface area contributed by atoms with Crippen LogP contribution in [0.5, 0.6) is 0 Å². The number of unbranched alkanes of at least 4 members (excludes halogenated alkanes) is 59. The number of rotatable bonds is 70. The fraction of sp³-hybridized carbons (Fsp3) is 0.946. The highest BCUT2D eigenvalue weighted by Gasteiger charge is 2.18. The summed E-state index contributed by atoms with van der Waals surface area (Å²) in [5.74, 6) is -0.0408. The Kier molecular flexibility index (Phi) is 68.9. The van der Waals surface area contributed by atoms with E-state index >= 15 is 0 Å². The van der Waals surface area contributed by atoms with Crippen LogP contribution in [0.4, 0.5) is 0 Å². The van der Waals surface area contributed by atoms with Gasteiger partial charge >= 0.3 is 5.97 Å². The van der Waals surface area contributed by atoms with Crippen molar-refractivity contribution in [3.63, 3.8) is 0 Å². The molecule has 6 nitrogen and oxygen atoms in total. The fourth-order valence-corrected chi connectivity index (χ4v) is 11.9. The van der Waals surface area contributed by atoms with Crippen LogP contribution in [-0.4, -0.2) is 47.4 Å². The molecule has 1 amide bonds. The standard InChI is InChI=1S/C74H145NO5/c1-3-5-7-9-11-13-15-17-18-19-20-21-22-27-30-33-36-39-43-46-50-54-58-62-66-72(77)71(70-76)75-73(78)67-63-59-55-51-47-44-40-37-34-31-28-25-23-24-26-29-32-35-38-41-45-49-53-57-61-65-69-80-74(79)68-64-60-56-52-48-42-16-14-12-10-8-6-4-2/h62,66,71-72,76-77H,3-61,63-65,67-70H2,1-2H3,(H,75,78)/b66-62+. The highest BCUT2D eigenvalue weighted by atomic mass is 16.5. The Morgan fingerprint density at radius 3 is 0.850 bits per heavy atom. The summed E-state index contributed by atoms with van der Waals surface area (Å²) in [5, 5.41) is 23.3. The van der Waals surface area contributed by atoms with Gasteiger partial charge in [-0.2, -0.15) is 0 Å². The predicted octanol–water partition coefficient (Wildman–Crippen LogP) is 23.9. The minimum atomic E-state index is -0.844. The van der Waals surface area contributed by atoms with Gasteiger partial charge in [0.25, 0.3) is 0 Å². The number of esters is 1. The maximum Gasteiger partial charge on any atom is 0.305 e. The molecule has 2 atom stereocenters. The van der Waals surface area contributed by atoms with Gasteiger partial charge in [-0.1, -0.05) is 392 Å². The SMILES string of the molecule is CCCCCCCCCCCCCCCCCCCCCCCC/C=C/C(O)C(CO)NC(=O)CCCCCCCCCCCCCCCCCCCCCCCCCCCCOC(=O)CCCCCCCCCCCCCCC. The van der Waals surface area contributed by atoms with E-state index in [2.05, 4.69) is 19.2 Å². The quantitative estimate of drug-likeness (QED) is 0.0320. The molecule has 476 valence electrons. The van der Waals surface area contributed by atoms with Gasteiger partial charge in [0, 0.05) is 12.8 Å². The predicted molar refractivity (Wildman–Crippen MR) is 352 cm³/mol. The third kappa shape index (κ3) is 65.7. The summed E-state index contributed by atoms with van der Waals surface area (Å²) in [7, 11) is 0. The van der Waals surface area contributed by atoms with Gasteiger partial charge in [-0.3, -0.25) is 9.59 Å². The van der Waals surface area contributed by atoms with Crippen LogP contribution in [0.3, 0.4) is 0 Å². The van der Waals surface area contributed by atoms with Gasteiger partial charge in [0.1, 0.15) is 0 Å². The largest absolute Gasteiger partial charge is 0.466 e. The molecule has 0 saturated heterocycles. The molecule has 0 bridgehead atoms. The van der Waals surface area contributed by atoms with Crippen molar-refractivity contribution < 1.29 is 24.5 Å². The van der Waals surface area contributed by atoms with Crippen LogP contribution < -0.4 is 5.32 Å². The smallest absolute Gasteiger partial charge is 0.305 e. The number of ether oxygens (including phenoxy) is 1. The van der Waals surface area contributed by atoms with Gasteiger partial charge in [0.15, 0.2) is 0 Å². The van der Waals surface area contributed by atoms with Gasteiger partial charge in [0.05, 0.1) is 25.4 Å². The van der Waals surface area contributed by atoms with Crippen molar-refractivity contribution in [2.24, 2.45) is 0 Å². The van der Waals surface area contributed by atoms with E-state index in [1.165, 1.54) is 360 Å². The second-order valence-electron chi connectivity index (χ2n) is 25.6. The number of aliphatic hydroxyl groups excluding tert-OH is 2. The Bertz CT molecular complexity index is 1210. The fourth-order valence-electron chi connectivity index (χ4n) is 11.9. The molecule has 0 fully saturated rings. The number of aliphatic hydroxyl groups is 2. The number of hydrogen-bond donors (Lipinski definition) is 3. The summed E-state index contributed by atoms with van der Waals surface area (Å²) in [6, 6.07) is -0.627. The first-order chi connectivity index (χ1) is 39.5. The molecule has 0 heterocycles. The van der Waals surface area contributed by atoms with Gasteiger partial charge in [-0.25, -0.2) is 0 Å². The molecule has 0 radical (unpaired) electrons. The van der Waals surface area contributed by atoms with Crippen molar-refractivity contribution >= 4 is 11.9 Å². The van der Waals surface area contributed by atoms with E-state index in [0.717, 1.165) is 38.5 Å². The highest BCUT2D eigenvalue weighted by Crippen LogP contribution is 2.20. The van der Waals surface area contributed by atoms with E-state index in [4.69, 9.17) is 4.74 Å². The molecule has 80 heavy (non-hydrogen) atoms. The van der Waals surface area contributed by atoms with E-state index in [0.29, 0.717) is 19.4 Å². The second-order valence-corrected chi connectivity index (χ2v) is 25.6. The van der Waals surface area contributed by atoms with E-state index in [9.17, 15) is 19.8 Å². The van der Waals surface area contributed by atoms with Crippen molar-refractivity contribution in [2.75, 3.05) is 13.2 Å². The van der Waals surface area contributed by atoms with Gasteiger partial charge in [-0.15, -0.1) is 0 Å². The van der Waals surface area contributed by atoms with E-state index < -0.39 is 12.1 Å². The maximum atomic E-state index is 12.5. The Labute approximate surface area is 501 Å². The number of hydrogen-bond acceptors (Lipinski definition) is 5. The van der Waals surface area contributed by atoms with Crippen molar-refractivity contribution in [1.82, 2.24) is 5.32 Å². The third-order valence-electron chi connectivity index (χ3n) is 17.6. The second kappa shape index (κ2) is 70.1. The molecule has 2 unspecified atom stereocenters. The molecule has 0 aliphatic carbocycles. The molecule has 3 N–H and O–H groups in total. The van der Waals surface area contributed by atoms with Crippen LogP contribution in [-0.2, 0) is 14.3 Å². The first-order valence-corrected chi connectivity index (χ1v) is 37.0. The average molecular weight is 1130 g/mol. The molecule has 0 aliphatic rings. The summed E-state index contributed by atoms with van der Waals surface area (Å²) in [6.07, 6.45) is 87.3. The zero-order chi connectivity index (χ0) is 57.8. The highest BCUT2D eigenvalue weighted by molar-refractivity contribution is 5.76. The molecule has 0 rings (SSSR count). The van der Waals surface area contributed by atoms with E-state index in [-0.39, 0.29) is 18.5 Å². The Morgan fingerprint density at radius 1 is 0.338 bits per heavy atom. The molecule has 0 spiro atoms. The molecule has 0 aromatic carbocycles. The lowest BCUT2D eigenvalue weighted by Gasteiger charge is -2.20. The summed E-state index contributed by atoms with van der Waals surface area (Å²) in [5.41, 5.74) is 0. The van der Waals surface area contributed by atoms with Gasteiger partial charge in [-0.05, 0) is 32.1 Å². The van der Waals surface area contributed by atoms with Crippen molar-refractivity contribution in [2.45, 2.75) is 437 Å². The van der Waals surface area contributed by atoms with Gasteiger partial charge in [0.2, 0.25) is 5.91 Å². The topological polar surface area (TPSA) is 95.9 Å². The van der Waals surface area contributed by atoms with Gasteiger partial charge < -0.3 is 20.3 Å². The molecule has 6 heteroatoms. The minimum absolute atomic E-state index is 0.0196. The monoisotopic (exact) mass is 1130 g/mol. The number of carbonyl (C=O) groups is 2. The Morgan fingerprint density at radius 2 is 0.575 bits per heavy atom. The normalized spacial score (nSPS) is 12.5. The lowest BCUT2D eigenvalue weighted by Crippen LogP contribution is -2.45. The van der Waals surface area contributed by atoms with Crippen LogP contribution in [0.1, 0.15) is 425 Å². The summed E-state index contributed by atoms with van der Waals surface area (Å²) in [4.78, 5) is 24.6. The van der Waals surface area contributed by atoms with Crippen LogP contribution in [0.15, 0.2) is 12.2 Å². The zero-order valence-electron chi connectivity index (χ0n) is 54.6. The van der Waals surface area contributed by atoms with Crippen LogP contribution >= 0.6 is 0 Å². The summed E-state index contributed by atoms with van der Waals surface area (Å²) >= 11 is 0. The number of nitrogens with one attached hydrogen (secondary N) is 1. The zero-order valence-corrected chi connectivity index (χ0v) is 54.6. The number of carbonyl (C=O) groups excluding carboxylic acids is 2. The maximum absolute atomic E-state index is 12.5. The molecule has 0 aliphatic heterocycles. The molecule has 0 aromatic rings. The van der Waals surface area contributed by atoms with E-state index in [1.807, 2.05) is 6.08 Å². The molecular formula is C74H145NO5. The van der Waals surface area contributed by atoms with E-state index in [1.54, 1.807) is 6.08 Å². The molecular weight excluding hydrogens is 983 g/mol.